The van der Waals surface area contributed by atoms with E-state index in [1.807, 2.05) is 104 Å². The first-order valence-electron chi connectivity index (χ1n) is 10.7. The summed E-state index contributed by atoms with van der Waals surface area (Å²) in [6.07, 6.45) is 0. The number of hydrogen-bond acceptors (Lipinski definition) is 3. The summed E-state index contributed by atoms with van der Waals surface area (Å²) in [4.78, 5) is 13.0. The maximum absolute atomic E-state index is 13.0. The summed E-state index contributed by atoms with van der Waals surface area (Å²) in [5, 5.41) is 4.88. The van der Waals surface area contributed by atoms with E-state index in [-0.39, 0.29) is 6.61 Å². The van der Waals surface area contributed by atoms with Crippen molar-refractivity contribution >= 4 is 11.7 Å². The summed E-state index contributed by atoms with van der Waals surface area (Å²) in [5.74, 6) is -0.410. The van der Waals surface area contributed by atoms with Crippen LogP contribution in [-0.4, -0.2) is 18.3 Å². The molecule has 0 atom stereocenters. The molecule has 0 bridgehead atoms. The zero-order chi connectivity index (χ0) is 22.3. The SMILES string of the molecule is CCOC(=O)c1cc(-c2ccccc2)cc(-c2ccccc2)[n+]1N=C(C)c1ccccc1. The minimum absolute atomic E-state index is 0.288. The van der Waals surface area contributed by atoms with Gasteiger partial charge in [-0.1, -0.05) is 78.9 Å². The van der Waals surface area contributed by atoms with Crippen LogP contribution in [0.3, 0.4) is 0 Å². The predicted molar refractivity (Wildman–Crippen MR) is 128 cm³/mol. The molecule has 4 nitrogen and oxygen atoms in total. The Kier molecular flexibility index (Phi) is 6.52. The molecular weight excluding hydrogens is 396 g/mol. The lowest BCUT2D eigenvalue weighted by atomic mass is 10.0. The van der Waals surface area contributed by atoms with Gasteiger partial charge in [-0.05, 0) is 41.8 Å². The average molecular weight is 422 g/mol. The maximum atomic E-state index is 13.0. The van der Waals surface area contributed by atoms with E-state index in [0.717, 1.165) is 33.7 Å². The quantitative estimate of drug-likeness (QED) is 0.226. The molecule has 32 heavy (non-hydrogen) atoms. The summed E-state index contributed by atoms with van der Waals surface area (Å²) in [6.45, 7) is 4.04. The van der Waals surface area contributed by atoms with E-state index in [0.29, 0.717) is 5.69 Å². The van der Waals surface area contributed by atoms with Crippen molar-refractivity contribution in [2.45, 2.75) is 13.8 Å². The molecule has 3 aromatic carbocycles. The molecule has 4 heteroatoms. The molecule has 0 saturated carbocycles. The van der Waals surface area contributed by atoms with Crippen molar-refractivity contribution in [3.63, 3.8) is 0 Å². The van der Waals surface area contributed by atoms with E-state index in [9.17, 15) is 4.79 Å². The standard InChI is InChI=1S/C28H25N2O2/c1-3-32-28(31)27-20-25(23-15-9-5-10-16-23)19-26(24-17-11-6-12-18-24)30(27)29-21(2)22-13-7-4-8-14-22/h4-20H,3H2,1-2H3/q+1. The van der Waals surface area contributed by atoms with Crippen molar-refractivity contribution in [1.82, 2.24) is 0 Å². The minimum atomic E-state index is -0.410. The van der Waals surface area contributed by atoms with E-state index in [4.69, 9.17) is 9.84 Å². The van der Waals surface area contributed by atoms with E-state index in [1.165, 1.54) is 0 Å². The third kappa shape index (κ3) is 4.65. The molecule has 0 spiro atoms. The van der Waals surface area contributed by atoms with Gasteiger partial charge in [-0.25, -0.2) is 4.79 Å². The van der Waals surface area contributed by atoms with Crippen LogP contribution in [0.2, 0.25) is 0 Å². The molecular formula is C28H25N2O2+. The molecule has 4 rings (SSSR count). The summed E-state index contributed by atoms with van der Waals surface area (Å²) < 4.78 is 7.11. The highest BCUT2D eigenvalue weighted by molar-refractivity contribution is 5.98. The van der Waals surface area contributed by atoms with Gasteiger partial charge >= 0.3 is 11.7 Å². The summed E-state index contributed by atoms with van der Waals surface area (Å²) in [5.41, 5.74) is 5.88. The molecule has 0 fully saturated rings. The van der Waals surface area contributed by atoms with Gasteiger partial charge in [0, 0.05) is 28.4 Å². The molecule has 0 amide bonds. The molecule has 0 saturated heterocycles. The van der Waals surface area contributed by atoms with Crippen LogP contribution >= 0.6 is 0 Å². The van der Waals surface area contributed by atoms with Crippen LogP contribution in [0.25, 0.3) is 22.4 Å². The molecule has 1 aromatic heterocycles. The predicted octanol–water partition coefficient (Wildman–Crippen LogP) is 5.76. The molecule has 0 N–H and O–H groups in total. The zero-order valence-corrected chi connectivity index (χ0v) is 18.2. The van der Waals surface area contributed by atoms with Crippen molar-refractivity contribution < 1.29 is 14.2 Å². The van der Waals surface area contributed by atoms with Gasteiger partial charge in [0.1, 0.15) is 5.71 Å². The average Bonchev–Trinajstić information content (AvgIpc) is 2.85. The Morgan fingerprint density at radius 3 is 1.94 bits per heavy atom. The van der Waals surface area contributed by atoms with Crippen molar-refractivity contribution in [3.05, 3.63) is 114 Å². The molecule has 158 valence electrons. The topological polar surface area (TPSA) is 42.5 Å². The molecule has 0 aliphatic carbocycles. The molecule has 0 radical (unpaired) electrons. The first-order chi connectivity index (χ1) is 15.7. The van der Waals surface area contributed by atoms with Gasteiger partial charge in [0.05, 0.1) is 6.61 Å². The van der Waals surface area contributed by atoms with Crippen molar-refractivity contribution in [2.75, 3.05) is 6.61 Å². The Morgan fingerprint density at radius 2 is 1.34 bits per heavy atom. The van der Waals surface area contributed by atoms with Crippen molar-refractivity contribution in [1.29, 1.82) is 0 Å². The fourth-order valence-electron chi connectivity index (χ4n) is 3.55. The van der Waals surface area contributed by atoms with Crippen molar-refractivity contribution in [3.8, 4) is 22.4 Å². The van der Waals surface area contributed by atoms with Gasteiger partial charge in [-0.2, -0.15) is 0 Å². The Bertz CT molecular complexity index is 1230. The Balaban J connectivity index is 2.00. The van der Waals surface area contributed by atoms with Gasteiger partial charge in [0.25, 0.3) is 0 Å². The molecule has 0 unspecified atom stereocenters. The highest BCUT2D eigenvalue weighted by Crippen LogP contribution is 2.25. The van der Waals surface area contributed by atoms with Crippen LogP contribution in [0, 0.1) is 0 Å². The van der Waals surface area contributed by atoms with Gasteiger partial charge in [-0.3, -0.25) is 0 Å². The Hall–Kier alpha value is -4.05. The van der Waals surface area contributed by atoms with Crippen LogP contribution < -0.4 is 4.68 Å². The number of carbonyl (C=O) groups is 1. The third-order valence-electron chi connectivity index (χ3n) is 5.14. The third-order valence-corrected chi connectivity index (χ3v) is 5.14. The van der Waals surface area contributed by atoms with E-state index >= 15 is 0 Å². The fourth-order valence-corrected chi connectivity index (χ4v) is 3.55. The first-order valence-corrected chi connectivity index (χ1v) is 10.7. The highest BCUT2D eigenvalue weighted by Gasteiger charge is 2.28. The largest absolute Gasteiger partial charge is 0.458 e. The van der Waals surface area contributed by atoms with Gasteiger partial charge in [0.2, 0.25) is 5.69 Å². The van der Waals surface area contributed by atoms with Gasteiger partial charge in [-0.15, -0.1) is 0 Å². The van der Waals surface area contributed by atoms with Crippen LogP contribution in [0.15, 0.2) is 108 Å². The van der Waals surface area contributed by atoms with E-state index in [1.54, 1.807) is 11.6 Å². The van der Waals surface area contributed by atoms with E-state index < -0.39 is 5.97 Å². The monoisotopic (exact) mass is 421 g/mol. The van der Waals surface area contributed by atoms with Crippen molar-refractivity contribution in [2.24, 2.45) is 5.10 Å². The van der Waals surface area contributed by atoms with Crippen LogP contribution in [0.5, 0.6) is 0 Å². The first kappa shape index (κ1) is 21.2. The second-order valence-electron chi connectivity index (χ2n) is 7.33. The Labute approximate surface area is 188 Å². The molecule has 0 aliphatic heterocycles. The van der Waals surface area contributed by atoms with Crippen LogP contribution in [0.1, 0.15) is 29.9 Å². The maximum Gasteiger partial charge on any atom is 0.406 e. The lowest BCUT2D eigenvalue weighted by molar-refractivity contribution is -0.670. The molecule has 4 aromatic rings. The second kappa shape index (κ2) is 9.84. The second-order valence-corrected chi connectivity index (χ2v) is 7.33. The highest BCUT2D eigenvalue weighted by atomic mass is 16.5. The lowest BCUT2D eigenvalue weighted by Crippen LogP contribution is -2.40. The number of hydrogen-bond donors (Lipinski definition) is 0. The minimum Gasteiger partial charge on any atom is -0.458 e. The number of esters is 1. The molecule has 1 heterocycles. The summed E-state index contributed by atoms with van der Waals surface area (Å²) in [7, 11) is 0. The zero-order valence-electron chi connectivity index (χ0n) is 18.2. The number of benzene rings is 3. The number of ether oxygens (including phenoxy) is 1. The number of pyridine rings is 1. The number of rotatable bonds is 6. The van der Waals surface area contributed by atoms with Gasteiger partial charge < -0.3 is 4.74 Å². The van der Waals surface area contributed by atoms with Gasteiger partial charge in [0.15, 0.2) is 0 Å². The lowest BCUT2D eigenvalue weighted by Gasteiger charge is -2.09. The summed E-state index contributed by atoms with van der Waals surface area (Å²) >= 11 is 0. The number of nitrogens with zero attached hydrogens (tertiary/aromatic N) is 2. The summed E-state index contributed by atoms with van der Waals surface area (Å²) in [6, 6.07) is 33.8. The Morgan fingerprint density at radius 1 is 0.781 bits per heavy atom. The number of carbonyl (C=O) groups excluding carboxylic acids is 1. The number of aromatic nitrogens is 1. The fraction of sp³-hybridized carbons (Fsp3) is 0.107. The molecule has 0 aliphatic rings. The van der Waals surface area contributed by atoms with Crippen LogP contribution in [-0.2, 0) is 4.74 Å². The van der Waals surface area contributed by atoms with E-state index in [2.05, 4.69) is 6.07 Å². The smallest absolute Gasteiger partial charge is 0.406 e. The normalized spacial score (nSPS) is 11.2. The van der Waals surface area contributed by atoms with Crippen LogP contribution in [0.4, 0.5) is 0 Å².